The van der Waals surface area contributed by atoms with E-state index in [0.29, 0.717) is 17.1 Å². The Kier molecular flexibility index (Phi) is 7.42. The van der Waals surface area contributed by atoms with Crippen molar-refractivity contribution in [2.24, 2.45) is 0 Å². The minimum atomic E-state index is -0.638. The third-order valence-electron chi connectivity index (χ3n) is 3.83. The molecule has 1 heterocycles. The second kappa shape index (κ2) is 9.55. The van der Waals surface area contributed by atoms with E-state index in [-0.39, 0.29) is 16.2 Å². The molecule has 2 aromatic rings. The van der Waals surface area contributed by atoms with Gasteiger partial charge in [0.05, 0.1) is 11.8 Å². The van der Waals surface area contributed by atoms with Crippen molar-refractivity contribution in [3.8, 4) is 11.6 Å². The van der Waals surface area contributed by atoms with Crippen LogP contribution < -0.4 is 5.56 Å². The molecule has 0 saturated carbocycles. The van der Waals surface area contributed by atoms with Gasteiger partial charge in [0, 0.05) is 5.02 Å². The largest absolute Gasteiger partial charge is 0.494 e. The Morgan fingerprint density at radius 2 is 2.04 bits per heavy atom. The van der Waals surface area contributed by atoms with Gasteiger partial charge in [0.2, 0.25) is 5.88 Å². The van der Waals surface area contributed by atoms with Crippen molar-refractivity contribution in [2.75, 3.05) is 0 Å². The molecule has 0 radical (unpaired) electrons. The number of nitrogens with one attached hydrogen (secondary N) is 1. The number of halogens is 1. The molecule has 1 aromatic heterocycles. The number of aromatic hydroxyl groups is 1. The fraction of sp³-hybridized carbons (Fsp3) is 0.316. The number of aliphatic hydroxyl groups excluding tert-OH is 1. The fourth-order valence-corrected chi connectivity index (χ4v) is 2.84. The summed E-state index contributed by atoms with van der Waals surface area (Å²) in [6.07, 6.45) is 5.85. The van der Waals surface area contributed by atoms with Crippen LogP contribution in [0.5, 0.6) is 5.88 Å². The van der Waals surface area contributed by atoms with Gasteiger partial charge in [-0.05, 0) is 55.1 Å². The summed E-state index contributed by atoms with van der Waals surface area (Å²) in [6, 6.07) is 6.67. The van der Waals surface area contributed by atoms with Crippen LogP contribution in [0.15, 0.2) is 40.9 Å². The zero-order chi connectivity index (χ0) is 19.1. The fourth-order valence-electron chi connectivity index (χ4n) is 2.43. The molecule has 0 bridgehead atoms. The summed E-state index contributed by atoms with van der Waals surface area (Å²) in [7, 11) is 0. The number of unbranched alkanes of at least 4 members (excludes halogenated alkanes) is 2. The van der Waals surface area contributed by atoms with E-state index < -0.39 is 11.7 Å². The molecular formula is C19H21ClN2O3S. The maximum Gasteiger partial charge on any atom is 0.263 e. The first-order chi connectivity index (χ1) is 12.4. The number of aliphatic hydroxyl groups is 1. The van der Waals surface area contributed by atoms with E-state index in [0.717, 1.165) is 19.3 Å². The Hall–Kier alpha value is -2.11. The predicted octanol–water partition coefficient (Wildman–Crippen LogP) is 4.36. The van der Waals surface area contributed by atoms with Crippen LogP contribution in [0.3, 0.4) is 0 Å². The first-order valence-electron chi connectivity index (χ1n) is 8.39. The highest BCUT2D eigenvalue weighted by atomic mass is 35.5. The maximum absolute atomic E-state index is 12.1. The molecule has 26 heavy (non-hydrogen) atoms. The van der Waals surface area contributed by atoms with Crippen molar-refractivity contribution in [1.29, 1.82) is 0 Å². The van der Waals surface area contributed by atoms with Crippen molar-refractivity contribution >= 4 is 29.9 Å². The molecule has 0 saturated heterocycles. The Bertz CT molecular complexity index is 925. The van der Waals surface area contributed by atoms with Gasteiger partial charge in [-0.25, -0.2) is 0 Å². The summed E-state index contributed by atoms with van der Waals surface area (Å²) in [6.45, 7) is 2.09. The molecule has 0 fully saturated rings. The van der Waals surface area contributed by atoms with E-state index in [9.17, 15) is 15.0 Å². The van der Waals surface area contributed by atoms with Crippen LogP contribution in [0.2, 0.25) is 5.02 Å². The number of aromatic amines is 1. The lowest BCUT2D eigenvalue weighted by atomic mass is 10.1. The Morgan fingerprint density at radius 1 is 1.35 bits per heavy atom. The van der Waals surface area contributed by atoms with Gasteiger partial charge >= 0.3 is 0 Å². The Labute approximate surface area is 161 Å². The smallest absolute Gasteiger partial charge is 0.263 e. The highest BCUT2D eigenvalue weighted by Crippen LogP contribution is 2.21. The number of hydrogen-bond donors (Lipinski definition) is 3. The average Bonchev–Trinajstić information content (AvgIpc) is 2.59. The molecule has 1 unspecified atom stereocenters. The van der Waals surface area contributed by atoms with Crippen molar-refractivity contribution in [3.63, 3.8) is 0 Å². The predicted molar refractivity (Wildman–Crippen MR) is 107 cm³/mol. The van der Waals surface area contributed by atoms with E-state index in [1.807, 2.05) is 0 Å². The molecule has 5 nitrogen and oxygen atoms in total. The summed E-state index contributed by atoms with van der Waals surface area (Å²) in [5.74, 6) is -0.303. The molecule has 1 aromatic carbocycles. The summed E-state index contributed by atoms with van der Waals surface area (Å²) in [4.78, 5) is 14.6. The highest BCUT2D eigenvalue weighted by molar-refractivity contribution is 7.71. The van der Waals surface area contributed by atoms with Crippen molar-refractivity contribution in [2.45, 2.75) is 38.7 Å². The monoisotopic (exact) mass is 392 g/mol. The van der Waals surface area contributed by atoms with Gasteiger partial charge < -0.3 is 10.2 Å². The van der Waals surface area contributed by atoms with Crippen LogP contribution in [0.25, 0.3) is 11.8 Å². The topological polar surface area (TPSA) is 78.2 Å². The van der Waals surface area contributed by atoms with Gasteiger partial charge in [-0.2, -0.15) is 0 Å². The lowest BCUT2D eigenvalue weighted by Gasteiger charge is -2.11. The zero-order valence-corrected chi connectivity index (χ0v) is 16.0. The van der Waals surface area contributed by atoms with E-state index in [2.05, 4.69) is 17.6 Å². The number of nitrogens with zero attached hydrogens (tertiary/aromatic N) is 1. The molecule has 0 aliphatic heterocycles. The molecule has 0 amide bonds. The summed E-state index contributed by atoms with van der Waals surface area (Å²) >= 11 is 11.0. The molecule has 7 heteroatoms. The quantitative estimate of drug-likeness (QED) is 0.371. The number of H-pyrrole nitrogens is 1. The second-order valence-electron chi connectivity index (χ2n) is 5.85. The Morgan fingerprint density at radius 3 is 2.69 bits per heavy atom. The highest BCUT2D eigenvalue weighted by Gasteiger charge is 2.11. The van der Waals surface area contributed by atoms with Gasteiger partial charge in [0.1, 0.15) is 5.56 Å². The molecule has 2 rings (SSSR count). The molecular weight excluding hydrogens is 372 g/mol. The van der Waals surface area contributed by atoms with Crippen molar-refractivity contribution < 1.29 is 10.2 Å². The lowest BCUT2D eigenvalue weighted by Crippen LogP contribution is -2.15. The zero-order valence-electron chi connectivity index (χ0n) is 14.4. The van der Waals surface area contributed by atoms with E-state index in [1.54, 1.807) is 24.3 Å². The number of hydrogen-bond acceptors (Lipinski definition) is 4. The number of benzene rings is 1. The van der Waals surface area contributed by atoms with E-state index in [4.69, 9.17) is 23.8 Å². The Balaban J connectivity index is 2.36. The van der Waals surface area contributed by atoms with E-state index in [1.165, 1.54) is 16.7 Å². The SMILES string of the molecule is CCCCCC(O)C=C=Cc1c(O)n(-c2ccc(Cl)cc2)c(=S)[nH]c1=O. The summed E-state index contributed by atoms with van der Waals surface area (Å²) in [5.41, 5.74) is 2.81. The van der Waals surface area contributed by atoms with Gasteiger partial charge in [-0.15, -0.1) is 5.73 Å². The molecule has 138 valence electrons. The van der Waals surface area contributed by atoms with Gasteiger partial charge in [0.15, 0.2) is 4.77 Å². The van der Waals surface area contributed by atoms with Crippen molar-refractivity contribution in [1.82, 2.24) is 9.55 Å². The van der Waals surface area contributed by atoms with E-state index >= 15 is 0 Å². The third kappa shape index (κ3) is 5.19. The standard InChI is InChI=1S/C19H21ClN2O3S/c1-2-3-4-6-15(23)7-5-8-16-17(24)21-19(26)22(18(16)25)14-11-9-13(20)10-12-14/h7-12,15,23,25H,2-4,6H2,1H3,(H,21,24,26). The van der Waals surface area contributed by atoms with Gasteiger partial charge in [-0.1, -0.05) is 37.8 Å². The molecule has 3 N–H and O–H groups in total. The van der Waals surface area contributed by atoms with Gasteiger partial charge in [0.25, 0.3) is 5.56 Å². The molecule has 0 aliphatic rings. The molecule has 1 atom stereocenters. The van der Waals surface area contributed by atoms with Crippen LogP contribution in [0, 0.1) is 4.77 Å². The average molecular weight is 393 g/mol. The van der Waals surface area contributed by atoms with Crippen LogP contribution in [0.1, 0.15) is 38.2 Å². The summed E-state index contributed by atoms with van der Waals surface area (Å²) in [5, 5.41) is 20.9. The lowest BCUT2D eigenvalue weighted by molar-refractivity contribution is 0.208. The number of aromatic nitrogens is 2. The van der Waals surface area contributed by atoms with Crippen LogP contribution in [-0.2, 0) is 0 Å². The normalized spacial score (nSPS) is 11.7. The van der Waals surface area contributed by atoms with Gasteiger partial charge in [-0.3, -0.25) is 14.3 Å². The molecule has 0 spiro atoms. The molecule has 0 aliphatic carbocycles. The second-order valence-corrected chi connectivity index (χ2v) is 6.67. The minimum absolute atomic E-state index is 0.00515. The van der Waals surface area contributed by atoms with Crippen LogP contribution in [-0.4, -0.2) is 25.9 Å². The van der Waals surface area contributed by atoms with Crippen molar-refractivity contribution in [3.05, 3.63) is 61.8 Å². The number of rotatable bonds is 7. The third-order valence-corrected chi connectivity index (χ3v) is 4.36. The maximum atomic E-state index is 12.1. The first kappa shape index (κ1) is 20.2. The first-order valence-corrected chi connectivity index (χ1v) is 9.17. The van der Waals surface area contributed by atoms with Crippen LogP contribution in [0.4, 0.5) is 0 Å². The van der Waals surface area contributed by atoms with Crippen LogP contribution >= 0.6 is 23.8 Å². The summed E-state index contributed by atoms with van der Waals surface area (Å²) < 4.78 is 1.40. The minimum Gasteiger partial charge on any atom is -0.494 e.